The molecule has 3 rings (SSSR count). The molecule has 1 spiro atoms. The molecule has 0 aliphatic carbocycles. The minimum absolute atomic E-state index is 0.246. The zero-order valence-corrected chi connectivity index (χ0v) is 17.0. The van der Waals surface area contributed by atoms with Crippen LogP contribution in [0.2, 0.25) is 0 Å². The van der Waals surface area contributed by atoms with Crippen molar-refractivity contribution in [1.82, 2.24) is 9.80 Å². The van der Waals surface area contributed by atoms with Crippen LogP contribution in [0.3, 0.4) is 0 Å². The Morgan fingerprint density at radius 2 is 1.70 bits per heavy atom. The molecule has 0 saturated carbocycles. The molecule has 4 heteroatoms. The number of hydrogen-bond donors (Lipinski definition) is 0. The largest absolute Gasteiger partial charge is 0.343 e. The fourth-order valence-electron chi connectivity index (χ4n) is 4.42. The molecule has 1 aromatic carbocycles. The van der Waals surface area contributed by atoms with Crippen LogP contribution in [0.15, 0.2) is 30.3 Å². The monoisotopic (exact) mass is 370 g/mol. The maximum absolute atomic E-state index is 12.6. The summed E-state index contributed by atoms with van der Waals surface area (Å²) in [4.78, 5) is 29.1. The summed E-state index contributed by atoms with van der Waals surface area (Å²) >= 11 is 0. The Kier molecular flexibility index (Phi) is 6.56. The van der Waals surface area contributed by atoms with Crippen LogP contribution in [-0.4, -0.2) is 41.2 Å². The van der Waals surface area contributed by atoms with E-state index in [9.17, 15) is 9.59 Å². The van der Waals surface area contributed by atoms with Gasteiger partial charge in [-0.25, -0.2) is 0 Å². The minimum atomic E-state index is 0.246. The first-order valence-electron chi connectivity index (χ1n) is 10.6. The Morgan fingerprint density at radius 3 is 2.37 bits per heavy atom. The molecule has 148 valence electrons. The number of amides is 2. The first-order chi connectivity index (χ1) is 13.0. The summed E-state index contributed by atoms with van der Waals surface area (Å²) in [5, 5.41) is 0. The molecule has 27 heavy (non-hydrogen) atoms. The molecule has 4 nitrogen and oxygen atoms in total. The number of benzene rings is 1. The molecule has 2 fully saturated rings. The molecule has 2 heterocycles. The van der Waals surface area contributed by atoms with E-state index >= 15 is 0 Å². The van der Waals surface area contributed by atoms with Gasteiger partial charge >= 0.3 is 0 Å². The van der Waals surface area contributed by atoms with Crippen LogP contribution >= 0.6 is 0 Å². The molecule has 2 saturated heterocycles. The molecular weight excluding hydrogens is 336 g/mol. The van der Waals surface area contributed by atoms with Crippen LogP contribution < -0.4 is 0 Å². The molecule has 0 atom stereocenters. The summed E-state index contributed by atoms with van der Waals surface area (Å²) in [6.07, 6.45) is 6.44. The SMILES string of the molecule is CC(C)CCC(=O)N1CCC2(CCC(=O)N(Cc3ccccc3)CC2)CC1. The van der Waals surface area contributed by atoms with E-state index in [0.29, 0.717) is 24.7 Å². The van der Waals surface area contributed by atoms with Gasteiger partial charge in [-0.05, 0) is 49.0 Å². The molecule has 0 unspecified atom stereocenters. The summed E-state index contributed by atoms with van der Waals surface area (Å²) in [6, 6.07) is 10.3. The number of carbonyl (C=O) groups is 2. The topological polar surface area (TPSA) is 40.6 Å². The highest BCUT2D eigenvalue weighted by Crippen LogP contribution is 2.41. The lowest BCUT2D eigenvalue weighted by Gasteiger charge is -2.41. The summed E-state index contributed by atoms with van der Waals surface area (Å²) in [7, 11) is 0. The predicted molar refractivity (Wildman–Crippen MR) is 108 cm³/mol. The molecule has 1 aromatic rings. The first-order valence-corrected chi connectivity index (χ1v) is 10.6. The summed E-state index contributed by atoms with van der Waals surface area (Å²) < 4.78 is 0. The van der Waals surface area contributed by atoms with Crippen molar-refractivity contribution >= 4 is 11.8 Å². The summed E-state index contributed by atoms with van der Waals surface area (Å²) in [5.41, 5.74) is 1.45. The van der Waals surface area contributed by atoms with Crippen LogP contribution in [0.25, 0.3) is 0 Å². The Labute approximate surface area is 163 Å². The van der Waals surface area contributed by atoms with E-state index in [-0.39, 0.29) is 11.3 Å². The Bertz CT molecular complexity index is 633. The fraction of sp³-hybridized carbons (Fsp3) is 0.652. The second kappa shape index (κ2) is 8.90. The maximum Gasteiger partial charge on any atom is 0.222 e. The van der Waals surface area contributed by atoms with E-state index in [0.717, 1.165) is 58.3 Å². The van der Waals surface area contributed by atoms with Gasteiger partial charge in [0.05, 0.1) is 0 Å². The van der Waals surface area contributed by atoms with Crippen molar-refractivity contribution in [2.75, 3.05) is 19.6 Å². The Morgan fingerprint density at radius 1 is 1.04 bits per heavy atom. The second-order valence-corrected chi connectivity index (χ2v) is 8.86. The minimum Gasteiger partial charge on any atom is -0.343 e. The zero-order chi connectivity index (χ0) is 19.3. The third kappa shape index (κ3) is 5.33. The molecule has 0 N–H and O–H groups in total. The number of nitrogens with zero attached hydrogens (tertiary/aromatic N) is 2. The normalized spacial score (nSPS) is 20.2. The zero-order valence-electron chi connectivity index (χ0n) is 17.0. The van der Waals surface area contributed by atoms with E-state index < -0.39 is 0 Å². The van der Waals surface area contributed by atoms with Crippen molar-refractivity contribution in [2.24, 2.45) is 11.3 Å². The van der Waals surface area contributed by atoms with Gasteiger partial charge in [0.1, 0.15) is 0 Å². The lowest BCUT2D eigenvalue weighted by Crippen LogP contribution is -2.43. The van der Waals surface area contributed by atoms with E-state index in [1.807, 2.05) is 23.1 Å². The van der Waals surface area contributed by atoms with Gasteiger partial charge in [-0.2, -0.15) is 0 Å². The van der Waals surface area contributed by atoms with Crippen LogP contribution in [0.5, 0.6) is 0 Å². The van der Waals surface area contributed by atoms with Crippen LogP contribution in [0.1, 0.15) is 64.4 Å². The molecular formula is C23H34N2O2. The number of likely N-dealkylation sites (tertiary alicyclic amines) is 2. The number of rotatable bonds is 5. The van der Waals surface area contributed by atoms with Gasteiger partial charge in [0.15, 0.2) is 0 Å². The Balaban J connectivity index is 1.53. The van der Waals surface area contributed by atoms with Gasteiger partial charge in [0.25, 0.3) is 0 Å². The van der Waals surface area contributed by atoms with Gasteiger partial charge in [-0.3, -0.25) is 9.59 Å². The standard InChI is InChI=1S/C23H34N2O2/c1-19(2)8-9-21(26)24-15-12-23(13-16-24)11-10-22(27)25(17-14-23)18-20-6-4-3-5-7-20/h3-7,19H,8-18H2,1-2H3. The smallest absolute Gasteiger partial charge is 0.222 e. The van der Waals surface area contributed by atoms with Gasteiger partial charge in [0, 0.05) is 39.0 Å². The maximum atomic E-state index is 12.6. The third-order valence-electron chi connectivity index (χ3n) is 6.46. The highest BCUT2D eigenvalue weighted by Gasteiger charge is 2.38. The average Bonchev–Trinajstić information content (AvgIpc) is 2.82. The van der Waals surface area contributed by atoms with Crippen LogP contribution in [-0.2, 0) is 16.1 Å². The second-order valence-electron chi connectivity index (χ2n) is 8.86. The average molecular weight is 371 g/mol. The third-order valence-corrected chi connectivity index (χ3v) is 6.46. The lowest BCUT2D eigenvalue weighted by molar-refractivity contribution is -0.134. The van der Waals surface area contributed by atoms with Crippen molar-refractivity contribution < 1.29 is 9.59 Å². The van der Waals surface area contributed by atoms with E-state index in [1.54, 1.807) is 0 Å². The van der Waals surface area contributed by atoms with E-state index in [4.69, 9.17) is 0 Å². The first kappa shape index (κ1) is 19.9. The van der Waals surface area contributed by atoms with Crippen molar-refractivity contribution in [3.63, 3.8) is 0 Å². The van der Waals surface area contributed by atoms with Gasteiger partial charge in [-0.15, -0.1) is 0 Å². The van der Waals surface area contributed by atoms with Gasteiger partial charge in [-0.1, -0.05) is 44.2 Å². The highest BCUT2D eigenvalue weighted by molar-refractivity contribution is 5.77. The van der Waals surface area contributed by atoms with E-state index in [2.05, 4.69) is 30.9 Å². The van der Waals surface area contributed by atoms with Crippen LogP contribution in [0.4, 0.5) is 0 Å². The van der Waals surface area contributed by atoms with Crippen molar-refractivity contribution in [3.8, 4) is 0 Å². The van der Waals surface area contributed by atoms with Crippen molar-refractivity contribution in [2.45, 2.75) is 65.3 Å². The van der Waals surface area contributed by atoms with E-state index in [1.165, 1.54) is 5.56 Å². The molecule has 2 aliphatic heterocycles. The fourth-order valence-corrected chi connectivity index (χ4v) is 4.42. The molecule has 0 aromatic heterocycles. The van der Waals surface area contributed by atoms with Crippen molar-refractivity contribution in [1.29, 1.82) is 0 Å². The van der Waals surface area contributed by atoms with Crippen molar-refractivity contribution in [3.05, 3.63) is 35.9 Å². The molecule has 2 aliphatic rings. The highest BCUT2D eigenvalue weighted by atomic mass is 16.2. The molecule has 0 bridgehead atoms. The van der Waals surface area contributed by atoms with Gasteiger partial charge in [0.2, 0.25) is 11.8 Å². The number of carbonyl (C=O) groups excluding carboxylic acids is 2. The quantitative estimate of drug-likeness (QED) is 0.778. The lowest BCUT2D eigenvalue weighted by atomic mass is 9.73. The number of piperidine rings is 1. The Hall–Kier alpha value is -1.84. The summed E-state index contributed by atoms with van der Waals surface area (Å²) in [5.74, 6) is 1.17. The van der Waals surface area contributed by atoms with Gasteiger partial charge < -0.3 is 9.80 Å². The molecule has 2 amide bonds. The van der Waals surface area contributed by atoms with Crippen LogP contribution in [0, 0.1) is 11.3 Å². The summed E-state index contributed by atoms with van der Waals surface area (Å²) in [6.45, 7) is 7.63. The number of hydrogen-bond acceptors (Lipinski definition) is 2. The predicted octanol–water partition coefficient (Wildman–Crippen LogP) is 4.24. The molecule has 0 radical (unpaired) electrons.